The number of rotatable bonds is 38. The number of phenolic OH excluding ortho intramolecular Hbond substituents is 2. The first-order chi connectivity index (χ1) is 41.0. The van der Waals surface area contributed by atoms with Gasteiger partial charge in [-0.05, 0) is 123 Å². The Morgan fingerprint density at radius 3 is 1.51 bits per heavy atom. The van der Waals surface area contributed by atoms with E-state index in [9.17, 15) is 63.3 Å². The molecule has 0 fully saturated rings. The van der Waals surface area contributed by atoms with Gasteiger partial charge in [-0.15, -0.1) is 0 Å². The number of aliphatic carboxylic acids is 1. The number of nitrogens with one attached hydrogen (secondary N) is 8. The fourth-order valence-corrected chi connectivity index (χ4v) is 10.8. The molecule has 0 saturated heterocycles. The molecule has 0 aliphatic carbocycles. The number of carboxylic acid groups (broad SMARTS) is 1. The molecule has 0 aliphatic rings. The number of aldehydes is 1. The Morgan fingerprint density at radius 2 is 1.02 bits per heavy atom. The van der Waals surface area contributed by atoms with Gasteiger partial charge in [-0.3, -0.25) is 43.2 Å². The minimum Gasteiger partial charge on any atom is -0.508 e. The first kappa shape index (κ1) is 70.7. The van der Waals surface area contributed by atoms with Gasteiger partial charge in [0.25, 0.3) is 0 Å². The molecule has 0 spiro atoms. The standard InChI is InChI=1S/C58H76ClN11O14S2/c1-33(72)47(30-71)70-54(80)43(5-3-4-26-60)66-55(81)45(28-35-8-17-39(18-9-35)64-53(79)42(61)23-25-51(76)77)68-56(82)46(29-37-12-21-41(74)22-13-37)69-58(84)49(65-50(75)24-14-34-6-15-38(59)16-7-34)32-86-85-31-48(63-2)57(83)67-44(52(62)78)27-36-10-19-40(73)20-11-36/h6-13,15-22,30,33,42-49,63,72-74H,3-5,14,23-29,31-32,60-61H2,1-2H3,(H2,62,78)(H,64,79)(H,65,75)(H,66,81)(H,67,83)(H,68,82)(H,69,84)(H,70,80)(H,76,77)/t33?,42-,43-,44+,45+,46-,47?,48-,49+/m0/s1. The quantitative estimate of drug-likeness (QED) is 0.0166. The molecule has 0 aliphatic heterocycles. The van der Waals surface area contributed by atoms with Crippen LogP contribution < -0.4 is 59.7 Å². The van der Waals surface area contributed by atoms with Gasteiger partial charge in [-0.25, -0.2) is 0 Å². The van der Waals surface area contributed by atoms with Crippen LogP contribution in [-0.4, -0.2) is 159 Å². The number of carboxylic acids is 1. The second-order valence-electron chi connectivity index (χ2n) is 20.2. The number of carbonyl (C=O) groups excluding carboxylic acids is 9. The maximum atomic E-state index is 14.9. The maximum absolute atomic E-state index is 14.9. The zero-order chi connectivity index (χ0) is 63.3. The summed E-state index contributed by atoms with van der Waals surface area (Å²) in [6.45, 7) is 1.54. The van der Waals surface area contributed by atoms with E-state index in [1.165, 1.54) is 74.6 Å². The van der Waals surface area contributed by atoms with Gasteiger partial charge < -0.3 is 85.0 Å². The van der Waals surface area contributed by atoms with Crippen LogP contribution in [0, 0.1) is 0 Å². The summed E-state index contributed by atoms with van der Waals surface area (Å²) in [4.78, 5) is 133. The fourth-order valence-electron chi connectivity index (χ4n) is 8.25. The Kier molecular flexibility index (Phi) is 30.3. The predicted octanol–water partition coefficient (Wildman–Crippen LogP) is 0.615. The van der Waals surface area contributed by atoms with Crippen molar-refractivity contribution in [2.45, 2.75) is 126 Å². The van der Waals surface area contributed by atoms with Gasteiger partial charge in [0.15, 0.2) is 0 Å². The Morgan fingerprint density at radius 1 is 0.570 bits per heavy atom. The Balaban J connectivity index is 1.66. The number of hydrogen-bond acceptors (Lipinski definition) is 18. The minimum atomic E-state index is -1.52. The Labute approximate surface area is 510 Å². The van der Waals surface area contributed by atoms with Crippen molar-refractivity contribution in [1.82, 2.24) is 37.2 Å². The highest BCUT2D eigenvalue weighted by molar-refractivity contribution is 8.76. The van der Waals surface area contributed by atoms with Crippen LogP contribution in [-0.2, 0) is 73.6 Å². The van der Waals surface area contributed by atoms with Crippen LogP contribution in [0.5, 0.6) is 11.5 Å². The number of phenols is 2. The third kappa shape index (κ3) is 25.4. The Bertz CT molecular complexity index is 2890. The number of halogens is 1. The van der Waals surface area contributed by atoms with Crippen molar-refractivity contribution in [1.29, 1.82) is 0 Å². The number of aryl methyl sites for hydroxylation is 1. The summed E-state index contributed by atoms with van der Waals surface area (Å²) >= 11 is 6.08. The number of anilines is 1. The van der Waals surface area contributed by atoms with Crippen molar-refractivity contribution >= 4 is 98.4 Å². The highest BCUT2D eigenvalue weighted by Gasteiger charge is 2.33. The summed E-state index contributed by atoms with van der Waals surface area (Å²) in [5.41, 5.74) is 19.8. The number of amides is 8. The molecule has 0 radical (unpaired) electrons. The van der Waals surface area contributed by atoms with Crippen molar-refractivity contribution in [2.75, 3.05) is 30.4 Å². The van der Waals surface area contributed by atoms with Crippen LogP contribution in [0.1, 0.15) is 67.7 Å². The molecular formula is C58H76ClN11O14S2. The van der Waals surface area contributed by atoms with Crippen LogP contribution >= 0.6 is 33.2 Å². The number of primary amides is 1. The van der Waals surface area contributed by atoms with E-state index in [0.717, 1.165) is 27.2 Å². The molecule has 0 saturated carbocycles. The van der Waals surface area contributed by atoms with Crippen LogP contribution in [0.2, 0.25) is 5.02 Å². The number of likely N-dealkylation sites (N-methyl/N-ethyl adjacent to an activating group) is 1. The first-order valence-corrected chi connectivity index (χ1v) is 30.4. The van der Waals surface area contributed by atoms with E-state index < -0.39 is 108 Å². The topological polar surface area (TPSA) is 426 Å². The highest BCUT2D eigenvalue weighted by Crippen LogP contribution is 2.24. The predicted molar refractivity (Wildman–Crippen MR) is 326 cm³/mol. The zero-order valence-electron chi connectivity index (χ0n) is 47.5. The molecule has 4 rings (SSSR count). The van der Waals surface area contributed by atoms with Gasteiger partial charge in [0.05, 0.1) is 18.2 Å². The second-order valence-corrected chi connectivity index (χ2v) is 23.2. The molecule has 0 heterocycles. The monoisotopic (exact) mass is 1250 g/mol. The van der Waals surface area contributed by atoms with Crippen molar-refractivity contribution in [3.8, 4) is 11.5 Å². The Hall–Kier alpha value is -7.79. The molecule has 0 bridgehead atoms. The van der Waals surface area contributed by atoms with Crippen molar-refractivity contribution in [3.63, 3.8) is 0 Å². The average molecular weight is 1250 g/mol. The molecule has 25 nitrogen and oxygen atoms in total. The van der Waals surface area contributed by atoms with E-state index in [2.05, 4.69) is 42.5 Å². The summed E-state index contributed by atoms with van der Waals surface area (Å²) in [5, 5.41) is 61.0. The number of hydrogen-bond donors (Lipinski definition) is 15. The molecule has 4 aromatic rings. The number of nitrogens with two attached hydrogens (primary N) is 3. The normalized spacial score (nSPS) is 14.2. The molecule has 86 heavy (non-hydrogen) atoms. The number of carbonyl (C=O) groups is 10. The molecule has 0 aromatic heterocycles. The minimum absolute atomic E-state index is 0.0142. The molecule has 18 N–H and O–H groups in total. The highest BCUT2D eigenvalue weighted by atomic mass is 35.5. The summed E-state index contributed by atoms with van der Waals surface area (Å²) in [6.07, 6.45) is -0.890. The largest absolute Gasteiger partial charge is 0.508 e. The summed E-state index contributed by atoms with van der Waals surface area (Å²) in [6, 6.07) is 14.5. The molecule has 28 heteroatoms. The van der Waals surface area contributed by atoms with Gasteiger partial charge in [-0.1, -0.05) is 81.7 Å². The lowest BCUT2D eigenvalue weighted by Gasteiger charge is -2.27. The number of unbranched alkanes of at least 4 members (excludes halogenated alkanes) is 1. The smallest absolute Gasteiger partial charge is 0.303 e. The van der Waals surface area contributed by atoms with Gasteiger partial charge in [0, 0.05) is 54.3 Å². The second kappa shape index (κ2) is 36.9. The first-order valence-electron chi connectivity index (χ1n) is 27.5. The lowest BCUT2D eigenvalue weighted by molar-refractivity contribution is -0.137. The number of aromatic hydroxyl groups is 2. The maximum Gasteiger partial charge on any atom is 0.303 e. The molecule has 9 atom stereocenters. The van der Waals surface area contributed by atoms with Crippen molar-refractivity contribution in [3.05, 3.63) is 124 Å². The van der Waals surface area contributed by atoms with Crippen LogP contribution in [0.25, 0.3) is 0 Å². The van der Waals surface area contributed by atoms with Gasteiger partial charge in [0.1, 0.15) is 54.0 Å². The zero-order valence-corrected chi connectivity index (χ0v) is 49.9. The van der Waals surface area contributed by atoms with Crippen molar-refractivity contribution in [2.24, 2.45) is 17.2 Å². The van der Waals surface area contributed by atoms with E-state index >= 15 is 0 Å². The number of aliphatic hydroxyl groups excluding tert-OH is 1. The lowest BCUT2D eigenvalue weighted by Crippen LogP contribution is -2.60. The lowest BCUT2D eigenvalue weighted by atomic mass is 10.0. The van der Waals surface area contributed by atoms with Gasteiger partial charge >= 0.3 is 5.97 Å². The van der Waals surface area contributed by atoms with Crippen LogP contribution in [0.3, 0.4) is 0 Å². The molecule has 4 aromatic carbocycles. The molecule has 2 unspecified atom stereocenters. The third-order valence-electron chi connectivity index (χ3n) is 13.3. The van der Waals surface area contributed by atoms with E-state index in [4.69, 9.17) is 33.9 Å². The molecular weight excluding hydrogens is 1170 g/mol. The number of aliphatic hydroxyl groups is 1. The van der Waals surface area contributed by atoms with Crippen LogP contribution in [0.4, 0.5) is 5.69 Å². The van der Waals surface area contributed by atoms with E-state index in [1.807, 2.05) is 0 Å². The van der Waals surface area contributed by atoms with Gasteiger partial charge in [-0.2, -0.15) is 0 Å². The summed E-state index contributed by atoms with van der Waals surface area (Å²) in [5.74, 6) is -7.26. The van der Waals surface area contributed by atoms with E-state index in [0.29, 0.717) is 40.8 Å². The average Bonchev–Trinajstić information content (AvgIpc) is 3.48. The molecule has 8 amide bonds. The van der Waals surface area contributed by atoms with Crippen LogP contribution in [0.15, 0.2) is 97.1 Å². The SMILES string of the molecule is CN[C@@H](CSSC[C@@H](NC(=O)CCc1ccc(Cl)cc1)C(=O)N[C@@H](Cc1ccc(O)cc1)C(=O)N[C@H](Cc1ccc(NC(=O)[C@@H](N)CCC(=O)O)cc1)C(=O)N[C@@H](CCCCN)C(=O)NC(C=O)C(C)O)C(=O)N[C@H](Cc1ccc(O)cc1)C(N)=O. The molecule has 466 valence electrons. The van der Waals surface area contributed by atoms with Crippen molar-refractivity contribution < 1.29 is 68.4 Å². The fraction of sp³-hybridized carbons (Fsp3) is 0.414. The summed E-state index contributed by atoms with van der Waals surface area (Å²) in [7, 11) is 3.80. The van der Waals surface area contributed by atoms with E-state index in [1.54, 1.807) is 36.4 Å². The van der Waals surface area contributed by atoms with Gasteiger partial charge in [0.2, 0.25) is 47.3 Å². The number of benzene rings is 4. The summed E-state index contributed by atoms with van der Waals surface area (Å²) < 4.78 is 0. The van der Waals surface area contributed by atoms with E-state index in [-0.39, 0.29) is 86.6 Å². The third-order valence-corrected chi connectivity index (χ3v) is 16.0.